The second-order valence-corrected chi connectivity index (χ2v) is 3.76. The average Bonchev–Trinajstić information content (AvgIpc) is 2.23. The number of halogens is 3. The van der Waals surface area contributed by atoms with Gasteiger partial charge in [0.15, 0.2) is 0 Å². The summed E-state index contributed by atoms with van der Waals surface area (Å²) in [7, 11) is 0. The van der Waals surface area contributed by atoms with Crippen molar-refractivity contribution < 1.29 is 27.9 Å². The molecule has 0 aromatic carbocycles. The number of nitrogens with zero attached hydrogens (tertiary/aromatic N) is 1. The molecule has 0 aliphatic rings. The zero-order valence-electron chi connectivity index (χ0n) is 10.3. The SMILES string of the molecule is CCCC(NC(=O)N(CC)CC(F)(F)F)C(=O)O. The van der Waals surface area contributed by atoms with Crippen molar-refractivity contribution in [2.24, 2.45) is 0 Å². The fourth-order valence-corrected chi connectivity index (χ4v) is 1.33. The number of carbonyl (C=O) groups excluding carboxylic acids is 1. The van der Waals surface area contributed by atoms with Gasteiger partial charge in [-0.15, -0.1) is 0 Å². The molecule has 0 aromatic heterocycles. The van der Waals surface area contributed by atoms with E-state index < -0.39 is 30.8 Å². The van der Waals surface area contributed by atoms with Crippen LogP contribution in [-0.4, -0.2) is 47.3 Å². The third-order valence-corrected chi connectivity index (χ3v) is 2.21. The molecule has 5 nitrogen and oxygen atoms in total. The topological polar surface area (TPSA) is 69.6 Å². The van der Waals surface area contributed by atoms with Crippen LogP contribution >= 0.6 is 0 Å². The number of nitrogens with one attached hydrogen (secondary N) is 1. The van der Waals surface area contributed by atoms with Gasteiger partial charge in [0.2, 0.25) is 0 Å². The Bertz CT molecular complexity index is 295. The average molecular weight is 270 g/mol. The van der Waals surface area contributed by atoms with Crippen LogP contribution in [0.4, 0.5) is 18.0 Å². The molecule has 0 aliphatic carbocycles. The van der Waals surface area contributed by atoms with Crippen LogP contribution in [-0.2, 0) is 4.79 Å². The van der Waals surface area contributed by atoms with Gasteiger partial charge < -0.3 is 15.3 Å². The van der Waals surface area contributed by atoms with Crippen LogP contribution in [0.3, 0.4) is 0 Å². The Balaban J connectivity index is 4.55. The molecule has 0 aliphatic heterocycles. The summed E-state index contributed by atoms with van der Waals surface area (Å²) >= 11 is 0. The molecule has 0 fully saturated rings. The number of hydrogen-bond acceptors (Lipinski definition) is 2. The molecule has 0 radical (unpaired) electrons. The maximum atomic E-state index is 12.2. The fourth-order valence-electron chi connectivity index (χ4n) is 1.33. The molecule has 2 amide bonds. The number of urea groups is 1. The van der Waals surface area contributed by atoms with Gasteiger partial charge in [0.1, 0.15) is 12.6 Å². The highest BCUT2D eigenvalue weighted by molar-refractivity contribution is 5.82. The van der Waals surface area contributed by atoms with Crippen molar-refractivity contribution >= 4 is 12.0 Å². The summed E-state index contributed by atoms with van der Waals surface area (Å²) in [6.45, 7) is 1.56. The molecule has 0 bridgehead atoms. The minimum atomic E-state index is -4.50. The van der Waals surface area contributed by atoms with E-state index in [0.29, 0.717) is 11.3 Å². The molecular formula is C10H17F3N2O3. The molecule has 0 spiro atoms. The van der Waals surface area contributed by atoms with Gasteiger partial charge in [-0.05, 0) is 13.3 Å². The molecular weight excluding hydrogens is 253 g/mol. The van der Waals surface area contributed by atoms with Gasteiger partial charge in [0, 0.05) is 6.54 Å². The zero-order chi connectivity index (χ0) is 14.3. The van der Waals surface area contributed by atoms with E-state index in [2.05, 4.69) is 5.32 Å². The van der Waals surface area contributed by atoms with Crippen LogP contribution in [0.1, 0.15) is 26.7 Å². The number of carbonyl (C=O) groups is 2. The molecule has 0 saturated heterocycles. The van der Waals surface area contributed by atoms with E-state index in [1.165, 1.54) is 6.92 Å². The Kier molecular flexibility index (Phi) is 6.50. The smallest absolute Gasteiger partial charge is 0.406 e. The van der Waals surface area contributed by atoms with E-state index in [1.54, 1.807) is 6.92 Å². The fraction of sp³-hybridized carbons (Fsp3) is 0.800. The van der Waals surface area contributed by atoms with Crippen molar-refractivity contribution in [1.82, 2.24) is 10.2 Å². The van der Waals surface area contributed by atoms with Gasteiger partial charge >= 0.3 is 18.2 Å². The number of hydrogen-bond donors (Lipinski definition) is 2. The minimum absolute atomic E-state index is 0.149. The monoisotopic (exact) mass is 270 g/mol. The highest BCUT2D eigenvalue weighted by Crippen LogP contribution is 2.16. The number of amides is 2. The lowest BCUT2D eigenvalue weighted by Crippen LogP contribution is -2.50. The summed E-state index contributed by atoms with van der Waals surface area (Å²) in [5.74, 6) is -1.26. The molecule has 1 unspecified atom stereocenters. The van der Waals surface area contributed by atoms with Gasteiger partial charge in [0.05, 0.1) is 0 Å². The molecule has 0 heterocycles. The Morgan fingerprint density at radius 3 is 2.22 bits per heavy atom. The van der Waals surface area contributed by atoms with Crippen LogP contribution in [0.2, 0.25) is 0 Å². The van der Waals surface area contributed by atoms with Crippen molar-refractivity contribution in [3.63, 3.8) is 0 Å². The first-order valence-electron chi connectivity index (χ1n) is 5.56. The molecule has 2 N–H and O–H groups in total. The van der Waals surface area contributed by atoms with Crippen molar-refractivity contribution in [2.75, 3.05) is 13.1 Å². The predicted octanol–water partition coefficient (Wildman–Crippen LogP) is 1.83. The van der Waals surface area contributed by atoms with E-state index >= 15 is 0 Å². The van der Waals surface area contributed by atoms with Gasteiger partial charge in [-0.1, -0.05) is 13.3 Å². The normalized spacial score (nSPS) is 12.9. The second-order valence-electron chi connectivity index (χ2n) is 3.76. The number of carboxylic acids is 1. The Hall–Kier alpha value is -1.47. The summed E-state index contributed by atoms with van der Waals surface area (Å²) in [5.41, 5.74) is 0. The van der Waals surface area contributed by atoms with Gasteiger partial charge in [-0.2, -0.15) is 13.2 Å². The largest absolute Gasteiger partial charge is 0.480 e. The van der Waals surface area contributed by atoms with E-state index in [0.717, 1.165) is 0 Å². The molecule has 8 heteroatoms. The Labute approximate surface area is 103 Å². The lowest BCUT2D eigenvalue weighted by molar-refractivity contribution is -0.140. The highest BCUT2D eigenvalue weighted by Gasteiger charge is 2.33. The van der Waals surface area contributed by atoms with Gasteiger partial charge in [0.25, 0.3) is 0 Å². The second kappa shape index (κ2) is 7.07. The quantitative estimate of drug-likeness (QED) is 0.773. The number of alkyl halides is 3. The molecule has 106 valence electrons. The maximum Gasteiger partial charge on any atom is 0.406 e. The van der Waals surface area contributed by atoms with Gasteiger partial charge in [-0.25, -0.2) is 9.59 Å². The Morgan fingerprint density at radius 1 is 1.33 bits per heavy atom. The summed E-state index contributed by atoms with van der Waals surface area (Å²) in [6.07, 6.45) is -3.83. The first kappa shape index (κ1) is 16.5. The lowest BCUT2D eigenvalue weighted by Gasteiger charge is -2.24. The standard InChI is InChI=1S/C10H17F3N2O3/c1-3-5-7(8(16)17)14-9(18)15(4-2)6-10(11,12)13/h7H,3-6H2,1-2H3,(H,14,18)(H,16,17). The number of aliphatic carboxylic acids is 1. The van der Waals surface area contributed by atoms with E-state index in [9.17, 15) is 22.8 Å². The van der Waals surface area contributed by atoms with Crippen molar-refractivity contribution in [3.8, 4) is 0 Å². The molecule has 18 heavy (non-hydrogen) atoms. The molecule has 0 aromatic rings. The molecule has 0 saturated carbocycles. The number of carboxylic acid groups (broad SMARTS) is 1. The van der Waals surface area contributed by atoms with Crippen molar-refractivity contribution in [1.29, 1.82) is 0 Å². The van der Waals surface area contributed by atoms with E-state index in [1.807, 2.05) is 0 Å². The van der Waals surface area contributed by atoms with Crippen molar-refractivity contribution in [2.45, 2.75) is 38.9 Å². The lowest BCUT2D eigenvalue weighted by atomic mass is 10.2. The van der Waals surface area contributed by atoms with Crippen LogP contribution in [0.5, 0.6) is 0 Å². The number of rotatable bonds is 6. The Morgan fingerprint density at radius 2 is 1.89 bits per heavy atom. The van der Waals surface area contributed by atoms with Crippen LogP contribution in [0, 0.1) is 0 Å². The first-order chi connectivity index (χ1) is 8.21. The summed E-state index contributed by atoms with van der Waals surface area (Å²) in [4.78, 5) is 22.8. The minimum Gasteiger partial charge on any atom is -0.480 e. The van der Waals surface area contributed by atoms with Crippen LogP contribution < -0.4 is 5.32 Å². The third kappa shape index (κ3) is 6.31. The highest BCUT2D eigenvalue weighted by atomic mass is 19.4. The van der Waals surface area contributed by atoms with E-state index in [-0.39, 0.29) is 13.0 Å². The molecule has 0 rings (SSSR count). The van der Waals surface area contributed by atoms with E-state index in [4.69, 9.17) is 5.11 Å². The summed E-state index contributed by atoms with van der Waals surface area (Å²) in [6, 6.07) is -2.18. The first-order valence-corrected chi connectivity index (χ1v) is 5.56. The predicted molar refractivity (Wildman–Crippen MR) is 58.2 cm³/mol. The van der Waals surface area contributed by atoms with Crippen LogP contribution in [0.15, 0.2) is 0 Å². The molecule has 1 atom stereocenters. The van der Waals surface area contributed by atoms with Gasteiger partial charge in [-0.3, -0.25) is 0 Å². The zero-order valence-corrected chi connectivity index (χ0v) is 10.3. The summed E-state index contributed by atoms with van der Waals surface area (Å²) < 4.78 is 36.5. The summed E-state index contributed by atoms with van der Waals surface area (Å²) in [5, 5.41) is 10.9. The van der Waals surface area contributed by atoms with Crippen LogP contribution in [0.25, 0.3) is 0 Å². The maximum absolute atomic E-state index is 12.2. The van der Waals surface area contributed by atoms with Crippen molar-refractivity contribution in [3.05, 3.63) is 0 Å². The third-order valence-electron chi connectivity index (χ3n) is 2.21.